The molecule has 0 aliphatic heterocycles. The number of halogens is 2. The van der Waals surface area contributed by atoms with Crippen molar-refractivity contribution in [3.63, 3.8) is 0 Å². The van der Waals surface area contributed by atoms with E-state index < -0.39 is 11.5 Å². The van der Waals surface area contributed by atoms with E-state index in [-0.39, 0.29) is 12.8 Å². The van der Waals surface area contributed by atoms with Gasteiger partial charge >= 0.3 is 0 Å². The molecule has 1 saturated carbocycles. The van der Waals surface area contributed by atoms with E-state index in [0.717, 1.165) is 11.3 Å². The van der Waals surface area contributed by atoms with E-state index in [2.05, 4.69) is 5.10 Å². The standard InChI is InChI=1S/C14H15F2N3/c1-19-12(13(17)8-14(15,16)9-13)7-11(18-19)10-5-3-2-4-6-10/h2-7H,8-9,17H2,1H3. The Morgan fingerprint density at radius 2 is 1.84 bits per heavy atom. The Balaban J connectivity index is 1.95. The molecular weight excluding hydrogens is 248 g/mol. The Bertz CT molecular complexity index is 596. The van der Waals surface area contributed by atoms with Crippen LogP contribution in [-0.2, 0) is 12.6 Å². The molecule has 1 aliphatic rings. The van der Waals surface area contributed by atoms with Crippen molar-refractivity contribution in [2.24, 2.45) is 12.8 Å². The van der Waals surface area contributed by atoms with Crippen molar-refractivity contribution in [2.75, 3.05) is 0 Å². The number of hydrogen-bond donors (Lipinski definition) is 1. The minimum Gasteiger partial charge on any atom is -0.320 e. The number of nitrogens with zero attached hydrogens (tertiary/aromatic N) is 2. The summed E-state index contributed by atoms with van der Waals surface area (Å²) >= 11 is 0. The summed E-state index contributed by atoms with van der Waals surface area (Å²) in [5.41, 5.74) is 7.47. The maximum Gasteiger partial charge on any atom is 0.252 e. The number of alkyl halides is 2. The quantitative estimate of drug-likeness (QED) is 0.905. The summed E-state index contributed by atoms with van der Waals surface area (Å²) in [7, 11) is 1.74. The molecule has 2 N–H and O–H groups in total. The molecule has 1 aromatic carbocycles. The number of aromatic nitrogens is 2. The first-order valence-corrected chi connectivity index (χ1v) is 6.16. The van der Waals surface area contributed by atoms with Gasteiger partial charge in [0.15, 0.2) is 0 Å². The molecular formula is C14H15F2N3. The summed E-state index contributed by atoms with van der Waals surface area (Å²) < 4.78 is 27.8. The molecule has 0 spiro atoms. The number of nitrogens with two attached hydrogens (primary N) is 1. The second kappa shape index (κ2) is 3.87. The third-order valence-electron chi connectivity index (χ3n) is 3.61. The Labute approximate surface area is 110 Å². The molecule has 0 atom stereocenters. The second-order valence-electron chi connectivity index (χ2n) is 5.27. The summed E-state index contributed by atoms with van der Waals surface area (Å²) in [4.78, 5) is 0. The van der Waals surface area contributed by atoms with Crippen molar-refractivity contribution in [1.82, 2.24) is 9.78 Å². The van der Waals surface area contributed by atoms with Crippen molar-refractivity contribution in [3.05, 3.63) is 42.1 Å². The fourth-order valence-electron chi connectivity index (χ4n) is 2.74. The lowest BCUT2D eigenvalue weighted by Gasteiger charge is -2.44. The lowest BCUT2D eigenvalue weighted by atomic mass is 9.72. The Morgan fingerprint density at radius 3 is 2.42 bits per heavy atom. The number of hydrogen-bond acceptors (Lipinski definition) is 2. The average molecular weight is 263 g/mol. The molecule has 0 amide bonds. The van der Waals surface area contributed by atoms with E-state index in [0.29, 0.717) is 5.69 Å². The van der Waals surface area contributed by atoms with Gasteiger partial charge in [0.25, 0.3) is 5.92 Å². The van der Waals surface area contributed by atoms with Gasteiger partial charge in [-0.1, -0.05) is 30.3 Å². The number of rotatable bonds is 2. The fourth-order valence-corrected chi connectivity index (χ4v) is 2.74. The minimum absolute atomic E-state index is 0.312. The molecule has 0 unspecified atom stereocenters. The van der Waals surface area contributed by atoms with Crippen molar-refractivity contribution >= 4 is 0 Å². The van der Waals surface area contributed by atoms with Crippen LogP contribution >= 0.6 is 0 Å². The Kier molecular flexibility index (Phi) is 2.50. The van der Waals surface area contributed by atoms with E-state index in [9.17, 15) is 8.78 Å². The van der Waals surface area contributed by atoms with Gasteiger partial charge in [-0.3, -0.25) is 4.68 Å². The van der Waals surface area contributed by atoms with E-state index >= 15 is 0 Å². The number of aryl methyl sites for hydroxylation is 1. The fraction of sp³-hybridized carbons (Fsp3) is 0.357. The molecule has 1 aliphatic carbocycles. The summed E-state index contributed by atoms with van der Waals surface area (Å²) in [5, 5.41) is 4.37. The minimum atomic E-state index is -2.65. The molecule has 0 radical (unpaired) electrons. The third kappa shape index (κ3) is 2.04. The zero-order valence-electron chi connectivity index (χ0n) is 10.6. The van der Waals surface area contributed by atoms with Gasteiger partial charge in [-0.05, 0) is 6.07 Å². The molecule has 5 heteroatoms. The van der Waals surface area contributed by atoms with Gasteiger partial charge < -0.3 is 5.73 Å². The molecule has 3 nitrogen and oxygen atoms in total. The second-order valence-corrected chi connectivity index (χ2v) is 5.27. The highest BCUT2D eigenvalue weighted by Gasteiger charge is 2.56. The Morgan fingerprint density at radius 1 is 1.21 bits per heavy atom. The average Bonchev–Trinajstić information content (AvgIpc) is 2.70. The van der Waals surface area contributed by atoms with Crippen LogP contribution in [0.3, 0.4) is 0 Å². The highest BCUT2D eigenvalue weighted by molar-refractivity contribution is 5.59. The number of benzene rings is 1. The zero-order valence-corrected chi connectivity index (χ0v) is 10.6. The van der Waals surface area contributed by atoms with Gasteiger partial charge in [-0.15, -0.1) is 0 Å². The van der Waals surface area contributed by atoms with E-state index in [1.807, 2.05) is 36.4 Å². The maximum atomic E-state index is 13.1. The predicted octanol–water partition coefficient (Wildman–Crippen LogP) is 2.67. The van der Waals surface area contributed by atoms with Crippen LogP contribution in [0.4, 0.5) is 8.78 Å². The van der Waals surface area contributed by atoms with Gasteiger partial charge in [0, 0.05) is 25.5 Å². The van der Waals surface area contributed by atoms with Crippen molar-refractivity contribution in [1.29, 1.82) is 0 Å². The maximum absolute atomic E-state index is 13.1. The molecule has 3 rings (SSSR count). The molecule has 0 bridgehead atoms. The molecule has 19 heavy (non-hydrogen) atoms. The predicted molar refractivity (Wildman–Crippen MR) is 68.7 cm³/mol. The van der Waals surface area contributed by atoms with Crippen molar-refractivity contribution in [2.45, 2.75) is 24.3 Å². The Hall–Kier alpha value is -1.75. The van der Waals surface area contributed by atoms with Crippen LogP contribution < -0.4 is 5.73 Å². The van der Waals surface area contributed by atoms with E-state index in [4.69, 9.17) is 5.73 Å². The third-order valence-corrected chi connectivity index (χ3v) is 3.61. The summed E-state index contributed by atoms with van der Waals surface area (Å²) in [6.07, 6.45) is -0.623. The largest absolute Gasteiger partial charge is 0.320 e. The lowest BCUT2D eigenvalue weighted by Crippen LogP contribution is -2.56. The molecule has 1 heterocycles. The zero-order chi connectivity index (χ0) is 13.7. The van der Waals surface area contributed by atoms with Crippen LogP contribution in [0, 0.1) is 0 Å². The summed E-state index contributed by atoms with van der Waals surface area (Å²) in [6, 6.07) is 11.4. The van der Waals surface area contributed by atoms with Crippen LogP contribution in [-0.4, -0.2) is 15.7 Å². The first kappa shape index (κ1) is 12.3. The smallest absolute Gasteiger partial charge is 0.252 e. The van der Waals surface area contributed by atoms with Crippen LogP contribution in [0.25, 0.3) is 11.3 Å². The van der Waals surface area contributed by atoms with Gasteiger partial charge in [-0.2, -0.15) is 5.10 Å². The van der Waals surface area contributed by atoms with Gasteiger partial charge in [0.2, 0.25) is 0 Å². The summed E-state index contributed by atoms with van der Waals surface area (Å²) in [5.74, 6) is -2.65. The first-order chi connectivity index (χ1) is 8.90. The monoisotopic (exact) mass is 263 g/mol. The van der Waals surface area contributed by atoms with Crippen molar-refractivity contribution < 1.29 is 8.78 Å². The summed E-state index contributed by atoms with van der Waals surface area (Å²) in [6.45, 7) is 0. The highest BCUT2D eigenvalue weighted by atomic mass is 19.3. The van der Waals surface area contributed by atoms with E-state index in [1.54, 1.807) is 11.7 Å². The topological polar surface area (TPSA) is 43.8 Å². The van der Waals surface area contributed by atoms with Crippen LogP contribution in [0.1, 0.15) is 18.5 Å². The molecule has 1 aromatic heterocycles. The van der Waals surface area contributed by atoms with Gasteiger partial charge in [0.05, 0.1) is 16.9 Å². The lowest BCUT2D eigenvalue weighted by molar-refractivity contribution is -0.127. The first-order valence-electron chi connectivity index (χ1n) is 6.16. The molecule has 2 aromatic rings. The van der Waals surface area contributed by atoms with E-state index in [1.165, 1.54) is 0 Å². The van der Waals surface area contributed by atoms with Crippen LogP contribution in [0.2, 0.25) is 0 Å². The van der Waals surface area contributed by atoms with Crippen LogP contribution in [0.15, 0.2) is 36.4 Å². The molecule has 0 saturated heterocycles. The van der Waals surface area contributed by atoms with Crippen LogP contribution in [0.5, 0.6) is 0 Å². The SMILES string of the molecule is Cn1nc(-c2ccccc2)cc1C1(N)CC(F)(F)C1. The van der Waals surface area contributed by atoms with Gasteiger partial charge in [-0.25, -0.2) is 8.78 Å². The molecule has 1 fully saturated rings. The van der Waals surface area contributed by atoms with Crippen molar-refractivity contribution in [3.8, 4) is 11.3 Å². The molecule has 100 valence electrons. The highest BCUT2D eigenvalue weighted by Crippen LogP contribution is 2.50. The van der Waals surface area contributed by atoms with Gasteiger partial charge in [0.1, 0.15) is 0 Å². The normalized spacial score (nSPS) is 20.0.